The number of carbonyl (C=O) groups excluding carboxylic acids is 1. The number of nitrogens with zero attached hydrogens (tertiary/aromatic N) is 1. The van der Waals surface area contributed by atoms with Crippen LogP contribution in [-0.4, -0.2) is 41.7 Å². The van der Waals surface area contributed by atoms with Gasteiger partial charge in [-0.25, -0.2) is 4.39 Å². The zero-order valence-electron chi connectivity index (χ0n) is 10.1. The first-order valence-corrected chi connectivity index (χ1v) is 6.09. The fourth-order valence-corrected chi connectivity index (χ4v) is 2.11. The van der Waals surface area contributed by atoms with Crippen molar-refractivity contribution in [2.45, 2.75) is 18.9 Å². The van der Waals surface area contributed by atoms with Crippen molar-refractivity contribution >= 4 is 11.6 Å². The molecule has 1 aliphatic rings. The molecule has 0 bridgehead atoms. The lowest BCUT2D eigenvalue weighted by atomic mass is 10.1. The van der Waals surface area contributed by atoms with Gasteiger partial charge in [0.1, 0.15) is 5.82 Å². The summed E-state index contributed by atoms with van der Waals surface area (Å²) in [6.45, 7) is 1.62. The number of piperidine rings is 1. The minimum Gasteiger partial charge on any atom is -0.392 e. The number of hydrogen-bond donors (Lipinski definition) is 2. The summed E-state index contributed by atoms with van der Waals surface area (Å²) in [5, 5.41) is 12.2. The molecule has 0 radical (unpaired) electrons. The van der Waals surface area contributed by atoms with Gasteiger partial charge >= 0.3 is 0 Å². The van der Waals surface area contributed by atoms with E-state index in [0.29, 0.717) is 12.2 Å². The van der Waals surface area contributed by atoms with Crippen molar-refractivity contribution in [3.63, 3.8) is 0 Å². The van der Waals surface area contributed by atoms with Gasteiger partial charge < -0.3 is 10.4 Å². The first-order valence-electron chi connectivity index (χ1n) is 6.09. The van der Waals surface area contributed by atoms with Crippen molar-refractivity contribution < 1.29 is 14.3 Å². The molecule has 1 atom stereocenters. The molecule has 1 fully saturated rings. The number of anilines is 1. The maximum atomic E-state index is 12.7. The van der Waals surface area contributed by atoms with E-state index in [1.807, 2.05) is 4.90 Å². The van der Waals surface area contributed by atoms with E-state index in [0.717, 1.165) is 19.4 Å². The minimum absolute atomic E-state index is 0.143. The van der Waals surface area contributed by atoms with Crippen LogP contribution in [0.4, 0.5) is 10.1 Å². The maximum absolute atomic E-state index is 12.7. The number of nitrogens with one attached hydrogen (secondary N) is 1. The van der Waals surface area contributed by atoms with Crippen LogP contribution >= 0.6 is 0 Å². The Labute approximate surface area is 105 Å². The molecule has 0 unspecified atom stereocenters. The van der Waals surface area contributed by atoms with Crippen molar-refractivity contribution in [2.24, 2.45) is 0 Å². The molecule has 98 valence electrons. The van der Waals surface area contributed by atoms with Gasteiger partial charge in [-0.2, -0.15) is 0 Å². The summed E-state index contributed by atoms with van der Waals surface area (Å²) in [5.74, 6) is -0.470. The van der Waals surface area contributed by atoms with Crippen LogP contribution in [0.2, 0.25) is 0 Å². The van der Waals surface area contributed by atoms with Gasteiger partial charge in [0, 0.05) is 12.2 Å². The number of aliphatic hydroxyl groups is 1. The lowest BCUT2D eigenvalue weighted by molar-refractivity contribution is -0.118. The molecule has 18 heavy (non-hydrogen) atoms. The highest BCUT2D eigenvalue weighted by atomic mass is 19.1. The van der Waals surface area contributed by atoms with E-state index in [-0.39, 0.29) is 24.4 Å². The largest absolute Gasteiger partial charge is 0.392 e. The summed E-state index contributed by atoms with van der Waals surface area (Å²) < 4.78 is 12.7. The van der Waals surface area contributed by atoms with E-state index in [2.05, 4.69) is 5.32 Å². The van der Waals surface area contributed by atoms with Crippen LogP contribution in [0, 0.1) is 5.82 Å². The van der Waals surface area contributed by atoms with Crippen molar-refractivity contribution in [2.75, 3.05) is 25.0 Å². The number of halogens is 1. The number of benzene rings is 1. The van der Waals surface area contributed by atoms with E-state index in [9.17, 15) is 14.3 Å². The fourth-order valence-electron chi connectivity index (χ4n) is 2.11. The molecular formula is C13H17FN2O2. The first kappa shape index (κ1) is 13.0. The smallest absolute Gasteiger partial charge is 0.238 e. The van der Waals surface area contributed by atoms with Gasteiger partial charge in [0.25, 0.3) is 0 Å². The third-order valence-electron chi connectivity index (χ3n) is 2.98. The Hall–Kier alpha value is -1.46. The molecule has 0 aliphatic carbocycles. The molecule has 1 aliphatic heterocycles. The van der Waals surface area contributed by atoms with Gasteiger partial charge in [-0.3, -0.25) is 9.69 Å². The summed E-state index contributed by atoms with van der Waals surface area (Å²) in [4.78, 5) is 13.7. The van der Waals surface area contributed by atoms with Crippen LogP contribution in [0.3, 0.4) is 0 Å². The molecule has 1 heterocycles. The normalized spacial score (nSPS) is 20.7. The van der Waals surface area contributed by atoms with Gasteiger partial charge in [-0.15, -0.1) is 0 Å². The lowest BCUT2D eigenvalue weighted by Crippen LogP contribution is -2.42. The predicted molar refractivity (Wildman–Crippen MR) is 66.7 cm³/mol. The van der Waals surface area contributed by atoms with Crippen LogP contribution in [0.1, 0.15) is 12.8 Å². The Bertz CT molecular complexity index is 408. The van der Waals surface area contributed by atoms with Gasteiger partial charge in [0.15, 0.2) is 0 Å². The quantitative estimate of drug-likeness (QED) is 0.850. The molecule has 0 saturated carbocycles. The summed E-state index contributed by atoms with van der Waals surface area (Å²) in [7, 11) is 0. The first-order chi connectivity index (χ1) is 8.63. The highest BCUT2D eigenvalue weighted by Gasteiger charge is 2.19. The number of hydrogen-bond acceptors (Lipinski definition) is 3. The van der Waals surface area contributed by atoms with Gasteiger partial charge in [0.05, 0.1) is 12.6 Å². The SMILES string of the molecule is O=C(CN1CCC[C@H](O)C1)Nc1ccc(F)cc1. The number of β-amino-alcohol motifs (C(OH)–C–C–N with tert-alkyl or cyclic N) is 1. The predicted octanol–water partition coefficient (Wildman–Crippen LogP) is 1.22. The molecular weight excluding hydrogens is 235 g/mol. The van der Waals surface area contributed by atoms with Crippen LogP contribution < -0.4 is 5.32 Å². The van der Waals surface area contributed by atoms with Crippen molar-refractivity contribution in [1.82, 2.24) is 4.90 Å². The van der Waals surface area contributed by atoms with Crippen molar-refractivity contribution in [3.05, 3.63) is 30.1 Å². The van der Waals surface area contributed by atoms with Gasteiger partial charge in [0.2, 0.25) is 5.91 Å². The zero-order valence-corrected chi connectivity index (χ0v) is 10.1. The third kappa shape index (κ3) is 3.78. The van der Waals surface area contributed by atoms with E-state index in [4.69, 9.17) is 0 Å². The highest BCUT2D eigenvalue weighted by Crippen LogP contribution is 2.11. The van der Waals surface area contributed by atoms with Gasteiger partial charge in [-0.1, -0.05) is 0 Å². The average molecular weight is 252 g/mol. The molecule has 1 aromatic carbocycles. The monoisotopic (exact) mass is 252 g/mol. The maximum Gasteiger partial charge on any atom is 0.238 e. The fraction of sp³-hybridized carbons (Fsp3) is 0.462. The van der Waals surface area contributed by atoms with Crippen LogP contribution in [-0.2, 0) is 4.79 Å². The minimum atomic E-state index is -0.336. The Balaban J connectivity index is 1.83. The standard InChI is InChI=1S/C13H17FN2O2/c14-10-3-5-11(6-4-10)15-13(18)9-16-7-1-2-12(17)8-16/h3-6,12,17H,1-2,7-9H2,(H,15,18)/t12-/m0/s1. The molecule has 1 saturated heterocycles. The number of likely N-dealkylation sites (tertiary alicyclic amines) is 1. The number of rotatable bonds is 3. The van der Waals surface area contributed by atoms with Crippen LogP contribution in [0.25, 0.3) is 0 Å². The van der Waals surface area contributed by atoms with Crippen LogP contribution in [0.5, 0.6) is 0 Å². The van der Waals surface area contributed by atoms with Crippen molar-refractivity contribution in [3.8, 4) is 0 Å². The van der Waals surface area contributed by atoms with Crippen LogP contribution in [0.15, 0.2) is 24.3 Å². The molecule has 2 N–H and O–H groups in total. The molecule has 2 rings (SSSR count). The number of aliphatic hydroxyl groups excluding tert-OH is 1. The van der Waals surface area contributed by atoms with E-state index >= 15 is 0 Å². The molecule has 0 spiro atoms. The number of amides is 1. The topological polar surface area (TPSA) is 52.6 Å². The Morgan fingerprint density at radius 2 is 2.17 bits per heavy atom. The summed E-state index contributed by atoms with van der Waals surface area (Å²) in [5.41, 5.74) is 0.582. The molecule has 1 amide bonds. The highest BCUT2D eigenvalue weighted by molar-refractivity contribution is 5.92. The third-order valence-corrected chi connectivity index (χ3v) is 2.98. The summed E-state index contributed by atoms with van der Waals surface area (Å²) >= 11 is 0. The van der Waals surface area contributed by atoms with E-state index < -0.39 is 0 Å². The Morgan fingerprint density at radius 1 is 1.44 bits per heavy atom. The molecule has 1 aromatic rings. The zero-order chi connectivity index (χ0) is 13.0. The molecule has 5 heteroatoms. The number of carbonyl (C=O) groups is 1. The second-order valence-electron chi connectivity index (χ2n) is 4.59. The van der Waals surface area contributed by atoms with E-state index in [1.165, 1.54) is 24.3 Å². The van der Waals surface area contributed by atoms with Crippen molar-refractivity contribution in [1.29, 1.82) is 0 Å². The Kier molecular flexibility index (Phi) is 4.28. The second-order valence-corrected chi connectivity index (χ2v) is 4.59. The molecule has 4 nitrogen and oxygen atoms in total. The second kappa shape index (κ2) is 5.93. The lowest BCUT2D eigenvalue weighted by Gasteiger charge is -2.29. The molecule has 0 aromatic heterocycles. The van der Waals surface area contributed by atoms with Gasteiger partial charge in [-0.05, 0) is 43.7 Å². The Morgan fingerprint density at radius 3 is 2.83 bits per heavy atom. The average Bonchev–Trinajstić information content (AvgIpc) is 2.32. The summed E-state index contributed by atoms with van der Waals surface area (Å²) in [6, 6.07) is 5.66. The van der Waals surface area contributed by atoms with E-state index in [1.54, 1.807) is 0 Å². The summed E-state index contributed by atoms with van der Waals surface area (Å²) in [6.07, 6.45) is 1.37.